The molecule has 6 nitrogen and oxygen atoms in total. The predicted molar refractivity (Wildman–Crippen MR) is 107 cm³/mol. The zero-order valence-corrected chi connectivity index (χ0v) is 17.2. The first-order chi connectivity index (χ1) is 15.5. The van der Waals surface area contributed by atoms with Gasteiger partial charge in [-0.15, -0.1) is 0 Å². The van der Waals surface area contributed by atoms with E-state index in [9.17, 15) is 31.1 Å². The molecule has 1 unspecified atom stereocenters. The van der Waals surface area contributed by atoms with E-state index in [1.54, 1.807) is 0 Å². The summed E-state index contributed by atoms with van der Waals surface area (Å²) in [6.07, 6.45) is -6.14. The Balaban J connectivity index is 1.80. The van der Waals surface area contributed by atoms with Crippen molar-refractivity contribution in [3.05, 3.63) is 64.1 Å². The summed E-state index contributed by atoms with van der Waals surface area (Å²) in [4.78, 5) is 20.5. The minimum absolute atomic E-state index is 0.0133. The van der Waals surface area contributed by atoms with Gasteiger partial charge in [0, 0.05) is 30.9 Å². The van der Waals surface area contributed by atoms with Crippen molar-refractivity contribution in [1.29, 1.82) is 0 Å². The molecule has 12 heteroatoms. The van der Waals surface area contributed by atoms with Gasteiger partial charge in [-0.3, -0.25) is 9.36 Å². The zero-order chi connectivity index (χ0) is 24.0. The second kappa shape index (κ2) is 8.32. The highest BCUT2D eigenvalue weighted by molar-refractivity contribution is 5.88. The van der Waals surface area contributed by atoms with Gasteiger partial charge in [0.05, 0.1) is 29.1 Å². The van der Waals surface area contributed by atoms with Crippen LogP contribution in [0.25, 0.3) is 10.9 Å². The lowest BCUT2D eigenvalue weighted by molar-refractivity contribution is -0.214. The predicted octanol–water partition coefficient (Wildman–Crippen LogP) is 4.72. The van der Waals surface area contributed by atoms with Crippen LogP contribution in [-0.4, -0.2) is 33.9 Å². The molecule has 2 aromatic heterocycles. The Hall–Kier alpha value is -3.15. The lowest BCUT2D eigenvalue weighted by atomic mass is 9.97. The molecule has 176 valence electrons. The number of alkyl halides is 5. The third-order valence-corrected chi connectivity index (χ3v) is 5.77. The van der Waals surface area contributed by atoms with E-state index in [0.29, 0.717) is 4.57 Å². The molecule has 0 bridgehead atoms. The topological polar surface area (TPSA) is 69.0 Å². The Bertz CT molecular complexity index is 1240. The number of pyridine rings is 1. The Kier molecular flexibility index (Phi) is 5.81. The van der Waals surface area contributed by atoms with Crippen molar-refractivity contribution in [1.82, 2.24) is 14.5 Å². The molecule has 1 aromatic carbocycles. The molecular formula is C21H18F6N4O2. The number of hydrogen-bond acceptors (Lipinski definition) is 5. The van der Waals surface area contributed by atoms with Gasteiger partial charge in [0.15, 0.2) is 5.54 Å². The van der Waals surface area contributed by atoms with Gasteiger partial charge in [-0.1, -0.05) is 18.2 Å². The molecule has 2 atom stereocenters. The van der Waals surface area contributed by atoms with Gasteiger partial charge in [-0.05, 0) is 6.92 Å². The maximum atomic E-state index is 14.6. The van der Waals surface area contributed by atoms with Crippen LogP contribution in [-0.2, 0) is 10.3 Å². The summed E-state index contributed by atoms with van der Waals surface area (Å²) in [7, 11) is 0. The second-order valence-corrected chi connectivity index (χ2v) is 7.75. The molecule has 4 rings (SSSR count). The van der Waals surface area contributed by atoms with Crippen molar-refractivity contribution >= 4 is 16.7 Å². The minimum Gasteiger partial charge on any atom is -0.379 e. The van der Waals surface area contributed by atoms with Crippen LogP contribution in [0.5, 0.6) is 0 Å². The number of aromatic nitrogens is 3. The summed E-state index contributed by atoms with van der Waals surface area (Å²) < 4.78 is 88.1. The molecule has 1 aliphatic rings. The average molecular weight is 472 g/mol. The van der Waals surface area contributed by atoms with Gasteiger partial charge in [0.25, 0.3) is 12.0 Å². The molecule has 0 amide bonds. The summed E-state index contributed by atoms with van der Waals surface area (Å²) in [6, 6.07) is 3.63. The summed E-state index contributed by atoms with van der Waals surface area (Å²) in [6.45, 7) is 0.594. The lowest BCUT2D eigenvalue weighted by Crippen LogP contribution is -2.52. The molecule has 3 heterocycles. The van der Waals surface area contributed by atoms with Crippen molar-refractivity contribution in [3.8, 4) is 0 Å². The van der Waals surface area contributed by atoms with Crippen LogP contribution in [0, 0.1) is 5.82 Å². The number of hydrogen-bond donors (Lipinski definition) is 1. The van der Waals surface area contributed by atoms with Gasteiger partial charge in [-0.25, -0.2) is 23.1 Å². The van der Waals surface area contributed by atoms with Crippen molar-refractivity contribution in [2.75, 3.05) is 18.5 Å². The second-order valence-electron chi connectivity index (χ2n) is 7.75. The van der Waals surface area contributed by atoms with Crippen molar-refractivity contribution in [3.63, 3.8) is 0 Å². The highest BCUT2D eigenvalue weighted by Gasteiger charge is 2.59. The Morgan fingerprint density at radius 3 is 2.58 bits per heavy atom. The van der Waals surface area contributed by atoms with E-state index in [1.807, 2.05) is 0 Å². The summed E-state index contributed by atoms with van der Waals surface area (Å²) in [5.41, 5.74) is -4.24. The quantitative estimate of drug-likeness (QED) is 0.545. The monoisotopic (exact) mass is 472 g/mol. The van der Waals surface area contributed by atoms with Gasteiger partial charge in [-0.2, -0.15) is 13.2 Å². The van der Waals surface area contributed by atoms with E-state index in [-0.39, 0.29) is 28.9 Å². The maximum Gasteiger partial charge on any atom is 0.414 e. The maximum absolute atomic E-state index is 14.6. The molecular weight excluding hydrogens is 454 g/mol. The third kappa shape index (κ3) is 3.92. The van der Waals surface area contributed by atoms with Gasteiger partial charge >= 0.3 is 6.18 Å². The van der Waals surface area contributed by atoms with E-state index in [1.165, 1.54) is 19.1 Å². The van der Waals surface area contributed by atoms with Crippen molar-refractivity contribution < 1.29 is 31.1 Å². The highest BCUT2D eigenvalue weighted by atomic mass is 19.4. The lowest BCUT2D eigenvalue weighted by Gasteiger charge is -2.32. The average Bonchev–Trinajstić information content (AvgIpc) is 3.24. The minimum atomic E-state index is -4.77. The summed E-state index contributed by atoms with van der Waals surface area (Å²) in [5, 5.41) is 2.91. The fourth-order valence-electron chi connectivity index (χ4n) is 3.94. The normalized spacial score (nSPS) is 19.9. The van der Waals surface area contributed by atoms with Crippen molar-refractivity contribution in [2.45, 2.75) is 37.5 Å². The third-order valence-electron chi connectivity index (χ3n) is 5.77. The Morgan fingerprint density at radius 2 is 1.94 bits per heavy atom. The SMILES string of the molecule is C[C@@H](Nc1ncnc2cc(=O)n(C3(C(F)(F)F)CCOC3)cc12)c1cccc(C(F)F)c1F. The van der Waals surface area contributed by atoms with Crippen LogP contribution in [0.15, 0.2) is 41.6 Å². The molecule has 0 aliphatic carbocycles. The molecule has 1 saturated heterocycles. The first-order valence-corrected chi connectivity index (χ1v) is 9.90. The van der Waals surface area contributed by atoms with Crippen LogP contribution in [0.1, 0.15) is 36.9 Å². The molecule has 0 radical (unpaired) electrons. The molecule has 0 saturated carbocycles. The zero-order valence-electron chi connectivity index (χ0n) is 17.2. The van der Waals surface area contributed by atoms with Crippen LogP contribution < -0.4 is 10.9 Å². The van der Waals surface area contributed by atoms with E-state index < -0.39 is 54.2 Å². The Morgan fingerprint density at radius 1 is 1.21 bits per heavy atom. The number of nitrogens with zero attached hydrogens (tertiary/aromatic N) is 3. The van der Waals surface area contributed by atoms with Gasteiger partial charge in [0.2, 0.25) is 0 Å². The number of benzene rings is 1. The van der Waals surface area contributed by atoms with Crippen molar-refractivity contribution in [2.24, 2.45) is 0 Å². The smallest absolute Gasteiger partial charge is 0.379 e. The van der Waals surface area contributed by atoms with Crippen LogP contribution in [0.2, 0.25) is 0 Å². The molecule has 3 aromatic rings. The van der Waals surface area contributed by atoms with E-state index in [2.05, 4.69) is 15.3 Å². The first kappa shape index (κ1) is 23.0. The number of ether oxygens (including phenoxy) is 1. The summed E-state index contributed by atoms with van der Waals surface area (Å²) in [5.74, 6) is -1.08. The number of nitrogens with one attached hydrogen (secondary N) is 1. The van der Waals surface area contributed by atoms with E-state index in [4.69, 9.17) is 4.74 Å². The van der Waals surface area contributed by atoms with E-state index in [0.717, 1.165) is 24.7 Å². The number of halogens is 6. The van der Waals surface area contributed by atoms with Crippen LogP contribution >= 0.6 is 0 Å². The molecule has 33 heavy (non-hydrogen) atoms. The Labute approximate surface area is 183 Å². The number of anilines is 1. The molecule has 0 spiro atoms. The fourth-order valence-corrected chi connectivity index (χ4v) is 3.94. The van der Waals surface area contributed by atoms with Crippen LogP contribution in [0.4, 0.5) is 32.2 Å². The molecule has 1 fully saturated rings. The van der Waals surface area contributed by atoms with Crippen LogP contribution in [0.3, 0.4) is 0 Å². The summed E-state index contributed by atoms with van der Waals surface area (Å²) >= 11 is 0. The first-order valence-electron chi connectivity index (χ1n) is 9.90. The number of fused-ring (bicyclic) bond motifs is 1. The largest absolute Gasteiger partial charge is 0.414 e. The highest BCUT2D eigenvalue weighted by Crippen LogP contribution is 2.42. The van der Waals surface area contributed by atoms with Gasteiger partial charge < -0.3 is 10.1 Å². The fraction of sp³-hybridized carbons (Fsp3) is 0.381. The number of rotatable bonds is 5. The molecule has 1 N–H and O–H groups in total. The molecule has 1 aliphatic heterocycles. The standard InChI is InChI=1S/C21H18F6N4O2/c1-11(12-3-2-4-13(17(12)22)18(23)24)30-19-14-8-31(16(32)7-15(14)28-10-29-19)20(21(25,26)27)5-6-33-9-20/h2-4,7-8,10-11,18H,5-6,9H2,1H3,(H,28,29,30)/t11-,20?/m1/s1. The van der Waals surface area contributed by atoms with E-state index >= 15 is 0 Å². The van der Waals surface area contributed by atoms with Gasteiger partial charge in [0.1, 0.15) is 18.0 Å².